The molecular weight excluding hydrogens is 467 g/mol. The number of ether oxygens (including phenoxy) is 2. The Labute approximate surface area is 194 Å². The average molecular weight is 487 g/mol. The molecule has 0 saturated carbocycles. The summed E-state index contributed by atoms with van der Waals surface area (Å²) in [6, 6.07) is 19.8. The van der Waals surface area contributed by atoms with Gasteiger partial charge in [0.1, 0.15) is 17.2 Å². The van der Waals surface area contributed by atoms with Crippen LogP contribution in [0.3, 0.4) is 0 Å². The van der Waals surface area contributed by atoms with Crippen LogP contribution in [0.1, 0.15) is 0 Å². The number of aromatic nitrogens is 2. The van der Waals surface area contributed by atoms with E-state index in [-0.39, 0.29) is 6.08 Å². The highest BCUT2D eigenvalue weighted by molar-refractivity contribution is 7.06. The SMILES string of the molecule is COC(=NC(N(C)c1nc(-c2ccccc2)[n+](-c2ccccc2)s1)C(Cl)(Cl)Cl)OC. The minimum Gasteiger partial charge on any atom is -0.454 e. The van der Waals surface area contributed by atoms with Crippen molar-refractivity contribution in [2.24, 2.45) is 4.99 Å². The maximum absolute atomic E-state index is 6.22. The number of para-hydroxylation sites is 1. The molecule has 158 valence electrons. The lowest BCUT2D eigenvalue weighted by molar-refractivity contribution is -0.509. The fourth-order valence-corrected chi connectivity index (χ4v) is 4.27. The lowest BCUT2D eigenvalue weighted by atomic mass is 10.2. The Balaban J connectivity index is 2.11. The van der Waals surface area contributed by atoms with Gasteiger partial charge in [0, 0.05) is 7.05 Å². The quantitative estimate of drug-likeness (QED) is 0.223. The van der Waals surface area contributed by atoms with Crippen molar-refractivity contribution in [1.82, 2.24) is 4.98 Å². The maximum Gasteiger partial charge on any atom is 0.385 e. The molecule has 0 aliphatic rings. The second-order valence-corrected chi connectivity index (χ2v) is 9.42. The third-order valence-electron chi connectivity index (χ3n) is 4.13. The Hall–Kier alpha value is -2.06. The van der Waals surface area contributed by atoms with E-state index in [1.807, 2.05) is 64.6 Å². The van der Waals surface area contributed by atoms with Crippen LogP contribution in [0.25, 0.3) is 17.1 Å². The molecule has 1 aromatic heterocycles. The largest absolute Gasteiger partial charge is 0.454 e. The molecule has 1 atom stereocenters. The zero-order chi connectivity index (χ0) is 21.7. The van der Waals surface area contributed by atoms with Crippen LogP contribution in [0.2, 0.25) is 0 Å². The van der Waals surface area contributed by atoms with Crippen LogP contribution in [0.5, 0.6) is 0 Å². The lowest BCUT2D eigenvalue weighted by Gasteiger charge is -2.27. The van der Waals surface area contributed by atoms with E-state index < -0.39 is 9.96 Å². The molecule has 6 nitrogen and oxygen atoms in total. The first-order valence-electron chi connectivity index (χ1n) is 8.84. The van der Waals surface area contributed by atoms with Crippen molar-refractivity contribution in [3.8, 4) is 17.1 Å². The van der Waals surface area contributed by atoms with E-state index in [1.54, 1.807) is 11.9 Å². The molecule has 30 heavy (non-hydrogen) atoms. The molecular formula is C20H20Cl3N4O2S+. The summed E-state index contributed by atoms with van der Waals surface area (Å²) in [6.07, 6.45) is -0.939. The number of aliphatic imine (C=N–C) groups is 1. The molecule has 0 bridgehead atoms. The summed E-state index contributed by atoms with van der Waals surface area (Å²) in [4.78, 5) is 10.8. The van der Waals surface area contributed by atoms with Crippen LogP contribution in [0.15, 0.2) is 65.7 Å². The number of hydrogen-bond acceptors (Lipinski definition) is 6. The number of methoxy groups -OCH3 is 2. The van der Waals surface area contributed by atoms with Gasteiger partial charge in [-0.15, -0.1) is 3.96 Å². The lowest BCUT2D eigenvalue weighted by Crippen LogP contribution is -2.41. The molecule has 0 aliphatic heterocycles. The zero-order valence-corrected chi connectivity index (χ0v) is 19.6. The normalized spacial score (nSPS) is 12.2. The molecule has 0 saturated heterocycles. The molecule has 1 heterocycles. The standard InChI is InChI=1S/C20H20Cl3N4O2S/c1-26(17(20(21,22)23)25-19(28-2)29-3)18-24-16(14-10-6-4-7-11-14)27(30-18)15-12-8-5-9-13-15/h4-13,17H,1-3H3/q+1. The van der Waals surface area contributed by atoms with Gasteiger partial charge in [-0.3, -0.25) is 0 Å². The molecule has 3 aromatic rings. The van der Waals surface area contributed by atoms with Gasteiger partial charge in [-0.1, -0.05) is 71.2 Å². The predicted molar refractivity (Wildman–Crippen MR) is 123 cm³/mol. The summed E-state index contributed by atoms with van der Waals surface area (Å²) >= 11 is 20.1. The van der Waals surface area contributed by atoms with E-state index in [9.17, 15) is 0 Å². The zero-order valence-electron chi connectivity index (χ0n) is 16.5. The first kappa shape index (κ1) is 22.6. The molecule has 0 fully saturated rings. The highest BCUT2D eigenvalue weighted by atomic mass is 35.6. The predicted octanol–water partition coefficient (Wildman–Crippen LogP) is 4.87. The van der Waals surface area contributed by atoms with Crippen molar-refractivity contribution in [2.75, 3.05) is 26.2 Å². The summed E-state index contributed by atoms with van der Waals surface area (Å²) in [6.45, 7) is 0. The number of hydrogen-bond donors (Lipinski definition) is 0. The molecule has 0 aliphatic carbocycles. The molecule has 0 N–H and O–H groups in total. The first-order chi connectivity index (χ1) is 14.3. The highest BCUT2D eigenvalue weighted by Gasteiger charge is 2.41. The van der Waals surface area contributed by atoms with Gasteiger partial charge in [0.25, 0.3) is 0 Å². The Morgan fingerprint density at radius 2 is 1.60 bits per heavy atom. The van der Waals surface area contributed by atoms with Crippen LogP contribution < -0.4 is 8.86 Å². The molecule has 0 amide bonds. The van der Waals surface area contributed by atoms with Gasteiger partial charge in [-0.05, 0) is 29.2 Å². The van der Waals surface area contributed by atoms with E-state index in [0.29, 0.717) is 5.13 Å². The highest BCUT2D eigenvalue weighted by Crippen LogP contribution is 2.37. The van der Waals surface area contributed by atoms with Crippen molar-refractivity contribution >= 4 is 57.6 Å². The smallest absolute Gasteiger partial charge is 0.385 e. The van der Waals surface area contributed by atoms with E-state index in [0.717, 1.165) is 17.1 Å². The first-order valence-corrected chi connectivity index (χ1v) is 10.8. The van der Waals surface area contributed by atoms with Crippen LogP contribution in [0, 0.1) is 0 Å². The summed E-state index contributed by atoms with van der Waals surface area (Å²) in [5.74, 6) is 0.763. The maximum atomic E-state index is 6.22. The van der Waals surface area contributed by atoms with Gasteiger partial charge >= 0.3 is 17.0 Å². The summed E-state index contributed by atoms with van der Waals surface area (Å²) in [7, 11) is 4.61. The molecule has 10 heteroatoms. The second kappa shape index (κ2) is 9.83. The number of benzene rings is 2. The van der Waals surface area contributed by atoms with Crippen molar-refractivity contribution in [3.63, 3.8) is 0 Å². The number of nitrogens with zero attached hydrogens (tertiary/aromatic N) is 4. The molecule has 0 spiro atoms. The minimum absolute atomic E-state index is 0.00560. The summed E-state index contributed by atoms with van der Waals surface area (Å²) in [5.41, 5.74) is 1.93. The fraction of sp³-hybridized carbons (Fsp3) is 0.250. The van der Waals surface area contributed by atoms with Crippen LogP contribution in [0.4, 0.5) is 5.13 Å². The van der Waals surface area contributed by atoms with Crippen LogP contribution in [-0.2, 0) is 9.47 Å². The number of anilines is 1. The van der Waals surface area contributed by atoms with Gasteiger partial charge in [-0.2, -0.15) is 4.99 Å². The van der Waals surface area contributed by atoms with Gasteiger partial charge in [0.2, 0.25) is 3.79 Å². The Morgan fingerprint density at radius 1 is 1.03 bits per heavy atom. The van der Waals surface area contributed by atoms with Crippen molar-refractivity contribution in [2.45, 2.75) is 9.96 Å². The van der Waals surface area contributed by atoms with Gasteiger partial charge in [-0.25, -0.2) is 0 Å². The Kier molecular flexibility index (Phi) is 7.41. The van der Waals surface area contributed by atoms with Crippen LogP contribution in [-0.4, -0.2) is 42.3 Å². The van der Waals surface area contributed by atoms with E-state index in [2.05, 4.69) is 4.99 Å². The topological polar surface area (TPSA) is 50.8 Å². The van der Waals surface area contributed by atoms with E-state index in [1.165, 1.54) is 25.8 Å². The second-order valence-electron chi connectivity index (χ2n) is 6.13. The average Bonchev–Trinajstić information content (AvgIpc) is 3.20. The number of rotatable bonds is 5. The van der Waals surface area contributed by atoms with Crippen molar-refractivity contribution < 1.29 is 13.4 Å². The third-order valence-corrected chi connectivity index (χ3v) is 5.82. The molecule has 2 aromatic carbocycles. The van der Waals surface area contributed by atoms with Gasteiger partial charge < -0.3 is 14.4 Å². The van der Waals surface area contributed by atoms with E-state index >= 15 is 0 Å². The van der Waals surface area contributed by atoms with Gasteiger partial charge in [0.05, 0.1) is 19.8 Å². The Morgan fingerprint density at radius 3 is 2.13 bits per heavy atom. The van der Waals surface area contributed by atoms with Gasteiger partial charge in [0.15, 0.2) is 6.17 Å². The number of alkyl halides is 3. The monoisotopic (exact) mass is 485 g/mol. The third kappa shape index (κ3) is 5.16. The molecule has 3 rings (SSSR count). The Bertz CT molecular complexity index is 931. The summed E-state index contributed by atoms with van der Waals surface area (Å²) in [5, 5.41) is 0.601. The fourth-order valence-electron chi connectivity index (χ4n) is 2.70. The number of halogens is 3. The molecule has 1 unspecified atom stereocenters. The summed E-state index contributed by atoms with van der Waals surface area (Å²) < 4.78 is 10.4. The van der Waals surface area contributed by atoms with Crippen molar-refractivity contribution in [1.29, 1.82) is 0 Å². The minimum atomic E-state index is -1.76. The van der Waals surface area contributed by atoms with Crippen molar-refractivity contribution in [3.05, 3.63) is 60.7 Å². The van der Waals surface area contributed by atoms with E-state index in [4.69, 9.17) is 49.3 Å². The van der Waals surface area contributed by atoms with Crippen LogP contribution >= 0.6 is 46.3 Å². The molecule has 0 radical (unpaired) electrons.